The predicted molar refractivity (Wildman–Crippen MR) is 87.1 cm³/mol. The Balaban J connectivity index is 1.97. The molecule has 2 N–H and O–H groups in total. The molecular weight excluding hydrogens is 294 g/mol. The molecule has 1 heterocycles. The van der Waals surface area contributed by atoms with Crippen molar-refractivity contribution in [3.05, 3.63) is 42.0 Å². The number of hydrogen-bond donors (Lipinski definition) is 2. The van der Waals surface area contributed by atoms with Crippen molar-refractivity contribution in [1.29, 1.82) is 0 Å². The molecule has 0 saturated carbocycles. The lowest BCUT2D eigenvalue weighted by Gasteiger charge is -2.20. The zero-order chi connectivity index (χ0) is 16.7. The number of amides is 2. The highest BCUT2D eigenvalue weighted by Gasteiger charge is 2.16. The number of aromatic nitrogens is 3. The Morgan fingerprint density at radius 3 is 2.83 bits per heavy atom. The average molecular weight is 317 g/mol. The van der Waals surface area contributed by atoms with E-state index in [0.717, 1.165) is 30.1 Å². The predicted octanol–water partition coefficient (Wildman–Crippen LogP) is 2.26. The maximum atomic E-state index is 12.2. The first-order valence-electron chi connectivity index (χ1n) is 7.73. The van der Waals surface area contributed by atoms with Gasteiger partial charge in [-0.2, -0.15) is 0 Å². The molecule has 2 rings (SSSR count). The Bertz CT molecular complexity index is 641. The number of aryl methyl sites for hydroxylation is 1. The van der Waals surface area contributed by atoms with Crippen molar-refractivity contribution >= 4 is 6.03 Å². The second-order valence-electron chi connectivity index (χ2n) is 5.06. The standard InChI is InChI=1S/C16H23N5O2/c1-4-13(12-8-6-7-9-14(12)23-3)19-16(22)17-10-15-20-18-11-21(15)5-2/h6-9,11,13H,4-5,10H2,1-3H3,(H2,17,19,22)/t13-/m0/s1. The van der Waals surface area contributed by atoms with Crippen LogP contribution in [0, 0.1) is 0 Å². The Labute approximate surface area is 136 Å². The molecular formula is C16H23N5O2. The minimum atomic E-state index is -0.242. The molecule has 0 saturated heterocycles. The fourth-order valence-electron chi connectivity index (χ4n) is 2.40. The van der Waals surface area contributed by atoms with Crippen molar-refractivity contribution in [1.82, 2.24) is 25.4 Å². The van der Waals surface area contributed by atoms with Gasteiger partial charge >= 0.3 is 6.03 Å². The van der Waals surface area contributed by atoms with E-state index < -0.39 is 0 Å². The highest BCUT2D eigenvalue weighted by Crippen LogP contribution is 2.26. The van der Waals surface area contributed by atoms with Gasteiger partial charge in [-0.15, -0.1) is 10.2 Å². The molecule has 1 aromatic heterocycles. The molecule has 0 unspecified atom stereocenters. The number of urea groups is 1. The minimum absolute atomic E-state index is 0.116. The van der Waals surface area contributed by atoms with Gasteiger partial charge in [0, 0.05) is 12.1 Å². The van der Waals surface area contributed by atoms with Gasteiger partial charge < -0.3 is 19.9 Å². The van der Waals surface area contributed by atoms with Gasteiger partial charge in [0.2, 0.25) is 0 Å². The third-order valence-electron chi connectivity index (χ3n) is 3.67. The fourth-order valence-corrected chi connectivity index (χ4v) is 2.40. The van der Waals surface area contributed by atoms with Crippen LogP contribution >= 0.6 is 0 Å². The largest absolute Gasteiger partial charge is 0.496 e. The topological polar surface area (TPSA) is 81.1 Å². The van der Waals surface area contributed by atoms with E-state index in [9.17, 15) is 4.79 Å². The number of carbonyl (C=O) groups excluding carboxylic acids is 1. The van der Waals surface area contributed by atoms with E-state index in [1.165, 1.54) is 0 Å². The van der Waals surface area contributed by atoms with Crippen molar-refractivity contribution in [3.63, 3.8) is 0 Å². The summed E-state index contributed by atoms with van der Waals surface area (Å²) < 4.78 is 7.25. The monoisotopic (exact) mass is 317 g/mol. The molecule has 0 spiro atoms. The third-order valence-corrected chi connectivity index (χ3v) is 3.67. The summed E-state index contributed by atoms with van der Waals surface area (Å²) in [5.41, 5.74) is 0.962. The minimum Gasteiger partial charge on any atom is -0.496 e. The van der Waals surface area contributed by atoms with Gasteiger partial charge in [0.15, 0.2) is 5.82 Å². The van der Waals surface area contributed by atoms with E-state index in [-0.39, 0.29) is 12.1 Å². The van der Waals surface area contributed by atoms with Crippen LogP contribution in [-0.2, 0) is 13.1 Å². The maximum absolute atomic E-state index is 12.2. The normalized spacial score (nSPS) is 11.8. The molecule has 23 heavy (non-hydrogen) atoms. The number of nitrogens with one attached hydrogen (secondary N) is 2. The second-order valence-corrected chi connectivity index (χ2v) is 5.06. The third kappa shape index (κ3) is 4.21. The van der Waals surface area contributed by atoms with E-state index in [1.807, 2.05) is 42.7 Å². The first-order chi connectivity index (χ1) is 11.2. The number of para-hydroxylation sites is 1. The lowest BCUT2D eigenvalue weighted by atomic mass is 10.0. The zero-order valence-corrected chi connectivity index (χ0v) is 13.7. The van der Waals surface area contributed by atoms with Crippen LogP contribution < -0.4 is 15.4 Å². The molecule has 1 atom stereocenters. The number of carbonyl (C=O) groups is 1. The molecule has 0 aliphatic carbocycles. The van der Waals surface area contributed by atoms with E-state index in [4.69, 9.17) is 4.74 Å². The molecule has 2 amide bonds. The molecule has 2 aromatic rings. The number of methoxy groups -OCH3 is 1. The van der Waals surface area contributed by atoms with Crippen LogP contribution in [0.5, 0.6) is 5.75 Å². The summed E-state index contributed by atoms with van der Waals surface area (Å²) in [6, 6.07) is 7.34. The molecule has 1 aromatic carbocycles. The highest BCUT2D eigenvalue weighted by atomic mass is 16.5. The highest BCUT2D eigenvalue weighted by molar-refractivity contribution is 5.74. The molecule has 0 fully saturated rings. The summed E-state index contributed by atoms with van der Waals surface area (Å²) in [6.45, 7) is 5.12. The summed E-state index contributed by atoms with van der Waals surface area (Å²) >= 11 is 0. The maximum Gasteiger partial charge on any atom is 0.315 e. The first kappa shape index (κ1) is 16.8. The lowest BCUT2D eigenvalue weighted by Crippen LogP contribution is -2.38. The van der Waals surface area contributed by atoms with E-state index in [0.29, 0.717) is 6.54 Å². The quantitative estimate of drug-likeness (QED) is 0.821. The van der Waals surface area contributed by atoms with Gasteiger partial charge in [0.05, 0.1) is 19.7 Å². The Kier molecular flexibility index (Phi) is 5.96. The SMILES string of the molecule is CC[C@H](NC(=O)NCc1nncn1CC)c1ccccc1OC. The summed E-state index contributed by atoms with van der Waals surface area (Å²) in [5.74, 6) is 1.50. The van der Waals surface area contributed by atoms with Crippen LogP contribution in [0.25, 0.3) is 0 Å². The molecule has 124 valence electrons. The van der Waals surface area contributed by atoms with E-state index in [1.54, 1.807) is 13.4 Å². The van der Waals surface area contributed by atoms with Crippen LogP contribution in [0.3, 0.4) is 0 Å². The lowest BCUT2D eigenvalue weighted by molar-refractivity contribution is 0.235. The summed E-state index contributed by atoms with van der Waals surface area (Å²) in [4.78, 5) is 12.2. The summed E-state index contributed by atoms with van der Waals surface area (Å²) in [7, 11) is 1.63. The van der Waals surface area contributed by atoms with Crippen molar-refractivity contribution in [2.75, 3.05) is 7.11 Å². The summed E-state index contributed by atoms with van der Waals surface area (Å²) in [6.07, 6.45) is 2.41. The van der Waals surface area contributed by atoms with Crippen molar-refractivity contribution in [3.8, 4) is 5.75 Å². The van der Waals surface area contributed by atoms with Gasteiger partial charge in [0.25, 0.3) is 0 Å². The van der Waals surface area contributed by atoms with Crippen LogP contribution in [0.15, 0.2) is 30.6 Å². The zero-order valence-electron chi connectivity index (χ0n) is 13.7. The Morgan fingerprint density at radius 2 is 2.13 bits per heavy atom. The van der Waals surface area contributed by atoms with Gasteiger partial charge in [-0.3, -0.25) is 0 Å². The number of hydrogen-bond acceptors (Lipinski definition) is 4. The molecule has 0 bridgehead atoms. The van der Waals surface area contributed by atoms with Crippen molar-refractivity contribution < 1.29 is 9.53 Å². The van der Waals surface area contributed by atoms with Gasteiger partial charge in [-0.05, 0) is 19.4 Å². The molecule has 0 radical (unpaired) electrons. The molecule has 7 nitrogen and oxygen atoms in total. The van der Waals surface area contributed by atoms with E-state index in [2.05, 4.69) is 20.8 Å². The average Bonchev–Trinajstić information content (AvgIpc) is 3.05. The van der Waals surface area contributed by atoms with Crippen molar-refractivity contribution in [2.45, 2.75) is 39.4 Å². The van der Waals surface area contributed by atoms with Crippen LogP contribution in [0.2, 0.25) is 0 Å². The number of benzene rings is 1. The van der Waals surface area contributed by atoms with Crippen LogP contribution in [0.1, 0.15) is 37.7 Å². The van der Waals surface area contributed by atoms with Crippen molar-refractivity contribution in [2.24, 2.45) is 0 Å². The Morgan fingerprint density at radius 1 is 1.35 bits per heavy atom. The van der Waals surface area contributed by atoms with Crippen LogP contribution in [-0.4, -0.2) is 27.9 Å². The van der Waals surface area contributed by atoms with Gasteiger partial charge in [-0.25, -0.2) is 4.79 Å². The fraction of sp³-hybridized carbons (Fsp3) is 0.438. The number of ether oxygens (including phenoxy) is 1. The first-order valence-corrected chi connectivity index (χ1v) is 7.73. The number of nitrogens with zero attached hydrogens (tertiary/aromatic N) is 3. The number of rotatable bonds is 7. The van der Waals surface area contributed by atoms with Gasteiger partial charge in [0.1, 0.15) is 12.1 Å². The van der Waals surface area contributed by atoms with Crippen LogP contribution in [0.4, 0.5) is 4.79 Å². The molecule has 7 heteroatoms. The molecule has 0 aliphatic rings. The second kappa shape index (κ2) is 8.17. The van der Waals surface area contributed by atoms with Gasteiger partial charge in [-0.1, -0.05) is 25.1 Å². The summed E-state index contributed by atoms with van der Waals surface area (Å²) in [5, 5.41) is 13.6. The molecule has 0 aliphatic heterocycles. The smallest absolute Gasteiger partial charge is 0.315 e. The Hall–Kier alpha value is -2.57. The van der Waals surface area contributed by atoms with E-state index >= 15 is 0 Å².